The maximum absolute atomic E-state index is 5.89. The smallest absolute Gasteiger partial charge is 0.0721 e. The molecule has 0 bridgehead atoms. The van der Waals surface area contributed by atoms with Crippen LogP contribution in [0.25, 0.3) is 0 Å². The number of hydrogen-bond acceptors (Lipinski definition) is 4. The Hall–Kier alpha value is -2.44. The molecule has 2 aromatic heterocycles. The first-order valence-corrected chi connectivity index (χ1v) is 9.77. The molecule has 28 heavy (non-hydrogen) atoms. The molecule has 0 N–H and O–H groups in total. The maximum atomic E-state index is 5.89. The average molecular weight is 383 g/mol. The third kappa shape index (κ3) is 5.53. The van der Waals surface area contributed by atoms with Crippen molar-refractivity contribution in [2.45, 2.75) is 54.0 Å². The molecule has 0 amide bonds. The van der Waals surface area contributed by atoms with Crippen LogP contribution < -0.4 is 0 Å². The van der Waals surface area contributed by atoms with E-state index in [4.69, 9.17) is 9.47 Å². The van der Waals surface area contributed by atoms with Gasteiger partial charge in [-0.25, -0.2) is 0 Å². The van der Waals surface area contributed by atoms with E-state index in [2.05, 4.69) is 48.3 Å². The van der Waals surface area contributed by atoms with Gasteiger partial charge in [0, 0.05) is 11.4 Å². The summed E-state index contributed by atoms with van der Waals surface area (Å²) in [5.74, 6) is 0. The molecule has 0 radical (unpaired) electrons. The molecule has 2 heterocycles. The van der Waals surface area contributed by atoms with Gasteiger partial charge in [0.15, 0.2) is 0 Å². The van der Waals surface area contributed by atoms with Gasteiger partial charge in [0.25, 0.3) is 0 Å². The standard InChI is InChI=1S/C22H30N4O2/c1-17-13-19(3)25(23-17)9-11-27-15-21-7-5-6-8-22(21)16-28-12-10-26-20(4)14-18(2)24-26/h5-8,13-14H,9-12,15-16H2,1-4H3. The highest BCUT2D eigenvalue weighted by molar-refractivity contribution is 5.25. The van der Waals surface area contributed by atoms with Gasteiger partial charge in [0.1, 0.15) is 0 Å². The van der Waals surface area contributed by atoms with Gasteiger partial charge < -0.3 is 9.47 Å². The van der Waals surface area contributed by atoms with Gasteiger partial charge in [-0.1, -0.05) is 24.3 Å². The largest absolute Gasteiger partial charge is 0.375 e. The van der Waals surface area contributed by atoms with E-state index in [1.165, 1.54) is 11.1 Å². The van der Waals surface area contributed by atoms with Crippen LogP contribution in [0.1, 0.15) is 33.9 Å². The summed E-state index contributed by atoms with van der Waals surface area (Å²) in [5.41, 5.74) is 6.75. The van der Waals surface area contributed by atoms with Gasteiger partial charge >= 0.3 is 0 Å². The molecule has 0 spiro atoms. The van der Waals surface area contributed by atoms with E-state index < -0.39 is 0 Å². The molecule has 0 aliphatic heterocycles. The van der Waals surface area contributed by atoms with Crippen molar-refractivity contribution < 1.29 is 9.47 Å². The fraction of sp³-hybridized carbons (Fsp3) is 0.455. The number of aromatic nitrogens is 4. The molecular formula is C22H30N4O2. The minimum absolute atomic E-state index is 0.580. The second kappa shape index (κ2) is 9.66. The van der Waals surface area contributed by atoms with Crippen molar-refractivity contribution in [2.24, 2.45) is 0 Å². The lowest BCUT2D eigenvalue weighted by Gasteiger charge is -2.12. The monoisotopic (exact) mass is 382 g/mol. The lowest BCUT2D eigenvalue weighted by atomic mass is 10.1. The Labute approximate surface area is 167 Å². The van der Waals surface area contributed by atoms with Crippen LogP contribution in [-0.4, -0.2) is 32.8 Å². The highest BCUT2D eigenvalue weighted by Gasteiger charge is 2.05. The Balaban J connectivity index is 1.43. The SMILES string of the molecule is Cc1cc(C)n(CCOCc2ccccc2COCCn2nc(C)cc2C)n1. The van der Waals surface area contributed by atoms with Crippen molar-refractivity contribution in [3.05, 3.63) is 70.3 Å². The fourth-order valence-electron chi connectivity index (χ4n) is 3.31. The molecule has 0 saturated carbocycles. The van der Waals surface area contributed by atoms with Crippen molar-refractivity contribution in [1.82, 2.24) is 19.6 Å². The summed E-state index contributed by atoms with van der Waals surface area (Å²) in [7, 11) is 0. The van der Waals surface area contributed by atoms with E-state index in [1.807, 2.05) is 35.3 Å². The summed E-state index contributed by atoms with van der Waals surface area (Å²) in [5, 5.41) is 8.93. The molecule has 0 aliphatic rings. The predicted molar refractivity (Wildman–Crippen MR) is 109 cm³/mol. The highest BCUT2D eigenvalue weighted by atomic mass is 16.5. The van der Waals surface area contributed by atoms with Gasteiger partial charge in [-0.3, -0.25) is 9.36 Å². The Morgan fingerprint density at radius 2 is 1.14 bits per heavy atom. The zero-order valence-electron chi connectivity index (χ0n) is 17.3. The molecule has 0 unspecified atom stereocenters. The molecule has 6 nitrogen and oxygen atoms in total. The molecule has 3 aromatic rings. The summed E-state index contributed by atoms with van der Waals surface area (Å²) in [6, 6.07) is 12.4. The topological polar surface area (TPSA) is 54.1 Å². The number of aryl methyl sites for hydroxylation is 4. The molecule has 150 valence electrons. The van der Waals surface area contributed by atoms with Crippen molar-refractivity contribution in [3.63, 3.8) is 0 Å². The number of rotatable bonds is 10. The van der Waals surface area contributed by atoms with Crippen LogP contribution >= 0.6 is 0 Å². The van der Waals surface area contributed by atoms with Crippen LogP contribution in [-0.2, 0) is 35.8 Å². The van der Waals surface area contributed by atoms with Gasteiger partial charge in [-0.05, 0) is 51.0 Å². The number of benzene rings is 1. The quantitative estimate of drug-likeness (QED) is 0.501. The number of nitrogens with zero attached hydrogens (tertiary/aromatic N) is 4. The van der Waals surface area contributed by atoms with Crippen molar-refractivity contribution in [3.8, 4) is 0 Å². The fourth-order valence-corrected chi connectivity index (χ4v) is 3.31. The highest BCUT2D eigenvalue weighted by Crippen LogP contribution is 2.12. The van der Waals surface area contributed by atoms with E-state index in [1.54, 1.807) is 0 Å². The van der Waals surface area contributed by atoms with Gasteiger partial charge in [0.2, 0.25) is 0 Å². The van der Waals surface area contributed by atoms with E-state index in [9.17, 15) is 0 Å². The lowest BCUT2D eigenvalue weighted by molar-refractivity contribution is 0.0972. The van der Waals surface area contributed by atoms with Crippen molar-refractivity contribution >= 4 is 0 Å². The second-order valence-electron chi connectivity index (χ2n) is 7.17. The van der Waals surface area contributed by atoms with E-state index >= 15 is 0 Å². The van der Waals surface area contributed by atoms with Crippen LogP contribution in [0, 0.1) is 27.7 Å². The normalized spacial score (nSPS) is 11.3. The third-order valence-corrected chi connectivity index (χ3v) is 4.74. The summed E-state index contributed by atoms with van der Waals surface area (Å²) in [6.45, 7) is 12.1. The molecular weight excluding hydrogens is 352 g/mol. The van der Waals surface area contributed by atoms with Crippen LogP contribution in [0.15, 0.2) is 36.4 Å². The minimum Gasteiger partial charge on any atom is -0.375 e. The number of ether oxygens (including phenoxy) is 2. The summed E-state index contributed by atoms with van der Waals surface area (Å²) < 4.78 is 15.8. The Kier molecular flexibility index (Phi) is 7.01. The molecule has 3 rings (SSSR count). The maximum Gasteiger partial charge on any atom is 0.0721 e. The van der Waals surface area contributed by atoms with Gasteiger partial charge in [-0.15, -0.1) is 0 Å². The first-order valence-electron chi connectivity index (χ1n) is 9.77. The number of hydrogen-bond donors (Lipinski definition) is 0. The Morgan fingerprint density at radius 1 is 0.714 bits per heavy atom. The summed E-state index contributed by atoms with van der Waals surface area (Å²) >= 11 is 0. The average Bonchev–Trinajstić information content (AvgIpc) is 3.16. The first kappa shape index (κ1) is 20.3. The van der Waals surface area contributed by atoms with E-state index in [0.717, 1.165) is 35.9 Å². The van der Waals surface area contributed by atoms with Crippen LogP contribution in [0.4, 0.5) is 0 Å². The predicted octanol–water partition coefficient (Wildman–Crippen LogP) is 3.75. The summed E-state index contributed by atoms with van der Waals surface area (Å²) in [4.78, 5) is 0. The van der Waals surface area contributed by atoms with E-state index in [-0.39, 0.29) is 0 Å². The zero-order valence-corrected chi connectivity index (χ0v) is 17.3. The van der Waals surface area contributed by atoms with Crippen LogP contribution in [0.5, 0.6) is 0 Å². The molecule has 0 aliphatic carbocycles. The Bertz CT molecular complexity index is 825. The molecule has 6 heteroatoms. The van der Waals surface area contributed by atoms with Crippen LogP contribution in [0.2, 0.25) is 0 Å². The summed E-state index contributed by atoms with van der Waals surface area (Å²) in [6.07, 6.45) is 0. The minimum atomic E-state index is 0.580. The zero-order chi connectivity index (χ0) is 19.9. The first-order chi connectivity index (χ1) is 13.5. The Morgan fingerprint density at radius 3 is 1.50 bits per heavy atom. The molecule has 0 atom stereocenters. The molecule has 1 aromatic carbocycles. The van der Waals surface area contributed by atoms with Crippen LogP contribution in [0.3, 0.4) is 0 Å². The lowest BCUT2D eigenvalue weighted by Crippen LogP contribution is -2.11. The second-order valence-corrected chi connectivity index (χ2v) is 7.17. The van der Waals surface area contributed by atoms with Gasteiger partial charge in [-0.2, -0.15) is 10.2 Å². The molecule has 0 fully saturated rings. The van der Waals surface area contributed by atoms with Gasteiger partial charge in [0.05, 0.1) is 50.9 Å². The van der Waals surface area contributed by atoms with Crippen molar-refractivity contribution in [2.75, 3.05) is 13.2 Å². The molecule has 0 saturated heterocycles. The third-order valence-electron chi connectivity index (χ3n) is 4.74. The van der Waals surface area contributed by atoms with E-state index in [0.29, 0.717) is 26.4 Å². The van der Waals surface area contributed by atoms with Crippen molar-refractivity contribution in [1.29, 1.82) is 0 Å².